The molecule has 0 radical (unpaired) electrons. The van der Waals surface area contributed by atoms with E-state index in [1.807, 2.05) is 48.5 Å². The van der Waals surface area contributed by atoms with Gasteiger partial charge in [-0.05, 0) is 60.8 Å². The summed E-state index contributed by atoms with van der Waals surface area (Å²) in [5, 5.41) is 0. The summed E-state index contributed by atoms with van der Waals surface area (Å²) in [4.78, 5) is 26.3. The number of carbonyl (C=O) groups is 2. The molecule has 1 aliphatic rings. The Balaban J connectivity index is 2.68. The van der Waals surface area contributed by atoms with Crippen LogP contribution in [0.25, 0.3) is 0 Å². The quantitative estimate of drug-likeness (QED) is 0.728. The molecule has 0 N–H and O–H groups in total. The average Bonchev–Trinajstić information content (AvgIpc) is 2.34. The van der Waals surface area contributed by atoms with Gasteiger partial charge in [0.15, 0.2) is 0 Å². The molecule has 1 amide bonds. The van der Waals surface area contributed by atoms with Gasteiger partial charge in [0, 0.05) is 13.1 Å². The molecule has 0 aromatic carbocycles. The lowest BCUT2D eigenvalue weighted by atomic mass is 9.76. The Labute approximate surface area is 134 Å². The number of amides is 1. The molecule has 1 fully saturated rings. The molecule has 0 aromatic rings. The lowest BCUT2D eigenvalue weighted by Gasteiger charge is -2.40. The van der Waals surface area contributed by atoms with Crippen LogP contribution in [0.15, 0.2) is 0 Å². The second-order valence-corrected chi connectivity index (χ2v) is 8.10. The van der Waals surface area contributed by atoms with E-state index in [-0.39, 0.29) is 12.1 Å². The summed E-state index contributed by atoms with van der Waals surface area (Å²) in [6.45, 7) is 14.3. The maximum Gasteiger partial charge on any atom is 0.410 e. The van der Waals surface area contributed by atoms with Crippen molar-refractivity contribution < 1.29 is 19.1 Å². The summed E-state index contributed by atoms with van der Waals surface area (Å²) in [7, 11) is 0. The fraction of sp³-hybridized carbons (Fsp3) is 0.882. The first kappa shape index (κ1) is 18.8. The zero-order valence-electron chi connectivity index (χ0n) is 15.1. The van der Waals surface area contributed by atoms with Crippen molar-refractivity contribution in [2.24, 2.45) is 5.41 Å². The van der Waals surface area contributed by atoms with Crippen molar-refractivity contribution in [3.63, 3.8) is 0 Å². The van der Waals surface area contributed by atoms with Crippen molar-refractivity contribution >= 4 is 12.1 Å². The number of nitrogens with zero attached hydrogens (tertiary/aromatic N) is 1. The third-order valence-electron chi connectivity index (χ3n) is 3.88. The number of piperidine rings is 1. The molecule has 0 atom stereocenters. The normalized spacial score (nSPS) is 18.8. The summed E-state index contributed by atoms with van der Waals surface area (Å²) in [6.07, 6.45) is 1.67. The molecule has 1 rings (SSSR count). The van der Waals surface area contributed by atoms with Crippen LogP contribution < -0.4 is 0 Å². The van der Waals surface area contributed by atoms with Crippen molar-refractivity contribution in [1.82, 2.24) is 4.90 Å². The Morgan fingerprint density at radius 1 is 0.955 bits per heavy atom. The van der Waals surface area contributed by atoms with Gasteiger partial charge in [0.2, 0.25) is 0 Å². The van der Waals surface area contributed by atoms with Crippen molar-refractivity contribution in [1.29, 1.82) is 0 Å². The molecule has 0 saturated carbocycles. The van der Waals surface area contributed by atoms with Gasteiger partial charge in [-0.3, -0.25) is 4.79 Å². The van der Waals surface area contributed by atoms with Gasteiger partial charge in [0.25, 0.3) is 0 Å². The topological polar surface area (TPSA) is 55.8 Å². The average molecular weight is 313 g/mol. The van der Waals surface area contributed by atoms with Crippen molar-refractivity contribution in [2.75, 3.05) is 13.1 Å². The maximum absolute atomic E-state index is 12.5. The van der Waals surface area contributed by atoms with Crippen LogP contribution in [-0.2, 0) is 14.3 Å². The van der Waals surface area contributed by atoms with Crippen LogP contribution in [-0.4, -0.2) is 41.3 Å². The summed E-state index contributed by atoms with van der Waals surface area (Å²) in [6, 6.07) is 0. The minimum absolute atomic E-state index is 0.147. The van der Waals surface area contributed by atoms with Crippen LogP contribution in [0.5, 0.6) is 0 Å². The standard InChI is InChI=1S/C17H31NO4/c1-8-17(13(19)21-15(2,3)4)9-11-18(12-10-17)14(20)22-16(5,6)7/h8-12H2,1-7H3. The Kier molecular flexibility index (Phi) is 5.52. The molecule has 128 valence electrons. The first-order valence-electron chi connectivity index (χ1n) is 8.10. The molecule has 5 nitrogen and oxygen atoms in total. The third-order valence-corrected chi connectivity index (χ3v) is 3.88. The van der Waals surface area contributed by atoms with Gasteiger partial charge >= 0.3 is 12.1 Å². The Morgan fingerprint density at radius 2 is 1.41 bits per heavy atom. The smallest absolute Gasteiger partial charge is 0.410 e. The SMILES string of the molecule is CCC1(C(=O)OC(C)(C)C)CCN(C(=O)OC(C)(C)C)CC1. The van der Waals surface area contributed by atoms with Crippen LogP contribution in [0.4, 0.5) is 4.79 Å². The van der Waals surface area contributed by atoms with Gasteiger partial charge in [-0.25, -0.2) is 4.79 Å². The number of ether oxygens (including phenoxy) is 2. The second-order valence-electron chi connectivity index (χ2n) is 8.10. The van der Waals surface area contributed by atoms with E-state index in [9.17, 15) is 9.59 Å². The molecule has 1 heterocycles. The van der Waals surface area contributed by atoms with Gasteiger partial charge in [0.1, 0.15) is 11.2 Å². The number of likely N-dealkylation sites (tertiary alicyclic amines) is 1. The van der Waals surface area contributed by atoms with Crippen LogP contribution in [0.1, 0.15) is 67.7 Å². The highest BCUT2D eigenvalue weighted by Gasteiger charge is 2.43. The van der Waals surface area contributed by atoms with E-state index in [1.54, 1.807) is 4.90 Å². The number of esters is 1. The maximum atomic E-state index is 12.5. The Morgan fingerprint density at radius 3 is 1.77 bits per heavy atom. The van der Waals surface area contributed by atoms with E-state index in [0.717, 1.165) is 6.42 Å². The van der Waals surface area contributed by atoms with Gasteiger partial charge in [-0.15, -0.1) is 0 Å². The van der Waals surface area contributed by atoms with Gasteiger partial charge in [-0.1, -0.05) is 6.92 Å². The van der Waals surface area contributed by atoms with Crippen LogP contribution in [0, 0.1) is 5.41 Å². The first-order chi connectivity index (χ1) is 9.88. The largest absolute Gasteiger partial charge is 0.460 e. The van der Waals surface area contributed by atoms with Gasteiger partial charge in [-0.2, -0.15) is 0 Å². The molecule has 0 aromatic heterocycles. The predicted molar refractivity (Wildman–Crippen MR) is 85.6 cm³/mol. The molecule has 0 aliphatic carbocycles. The lowest BCUT2D eigenvalue weighted by molar-refractivity contribution is -0.171. The Hall–Kier alpha value is -1.26. The highest BCUT2D eigenvalue weighted by atomic mass is 16.6. The van der Waals surface area contributed by atoms with Gasteiger partial charge < -0.3 is 14.4 Å². The minimum atomic E-state index is -0.498. The highest BCUT2D eigenvalue weighted by molar-refractivity contribution is 5.78. The Bertz CT molecular complexity index is 409. The molecule has 0 bridgehead atoms. The molecule has 0 unspecified atom stereocenters. The molecular formula is C17H31NO4. The zero-order chi connectivity index (χ0) is 17.2. The van der Waals surface area contributed by atoms with Crippen LogP contribution in [0.2, 0.25) is 0 Å². The van der Waals surface area contributed by atoms with E-state index >= 15 is 0 Å². The van der Waals surface area contributed by atoms with Crippen molar-refractivity contribution in [2.45, 2.75) is 78.9 Å². The summed E-state index contributed by atoms with van der Waals surface area (Å²) >= 11 is 0. The predicted octanol–water partition coefficient (Wildman–Crippen LogP) is 3.76. The molecule has 1 aliphatic heterocycles. The molecule has 0 spiro atoms. The van der Waals surface area contributed by atoms with E-state index in [1.165, 1.54) is 0 Å². The number of hydrogen-bond acceptors (Lipinski definition) is 4. The summed E-state index contributed by atoms with van der Waals surface area (Å²) in [5.74, 6) is -0.147. The van der Waals surface area contributed by atoms with E-state index in [0.29, 0.717) is 25.9 Å². The van der Waals surface area contributed by atoms with Gasteiger partial charge in [0.05, 0.1) is 5.41 Å². The molecule has 22 heavy (non-hydrogen) atoms. The van der Waals surface area contributed by atoms with E-state index < -0.39 is 16.6 Å². The van der Waals surface area contributed by atoms with Crippen molar-refractivity contribution in [3.8, 4) is 0 Å². The number of hydrogen-bond donors (Lipinski definition) is 0. The van der Waals surface area contributed by atoms with E-state index in [4.69, 9.17) is 9.47 Å². The highest BCUT2D eigenvalue weighted by Crippen LogP contribution is 2.37. The number of rotatable bonds is 2. The number of carbonyl (C=O) groups excluding carboxylic acids is 2. The summed E-state index contributed by atoms with van der Waals surface area (Å²) < 4.78 is 11.0. The fourth-order valence-corrected chi connectivity index (χ4v) is 2.53. The van der Waals surface area contributed by atoms with Crippen LogP contribution in [0.3, 0.4) is 0 Å². The summed E-state index contributed by atoms with van der Waals surface area (Å²) in [5.41, 5.74) is -1.46. The molecular weight excluding hydrogens is 282 g/mol. The fourth-order valence-electron chi connectivity index (χ4n) is 2.53. The minimum Gasteiger partial charge on any atom is -0.460 e. The lowest BCUT2D eigenvalue weighted by Crippen LogP contribution is -2.49. The third kappa shape index (κ3) is 5.18. The zero-order valence-corrected chi connectivity index (χ0v) is 15.1. The van der Waals surface area contributed by atoms with Crippen LogP contribution >= 0.6 is 0 Å². The monoisotopic (exact) mass is 313 g/mol. The molecule has 5 heteroatoms. The molecule has 1 saturated heterocycles. The second kappa shape index (κ2) is 6.47. The first-order valence-corrected chi connectivity index (χ1v) is 8.10. The van der Waals surface area contributed by atoms with E-state index in [2.05, 4.69) is 0 Å². The van der Waals surface area contributed by atoms with Crippen molar-refractivity contribution in [3.05, 3.63) is 0 Å².